The first-order valence-electron chi connectivity index (χ1n) is 3.98. The Labute approximate surface area is 88.7 Å². The first kappa shape index (κ1) is 9.33. The van der Waals surface area contributed by atoms with Gasteiger partial charge in [0, 0.05) is 12.6 Å². The Hall–Kier alpha value is -1.23. The highest BCUT2D eigenvalue weighted by atomic mass is 79.9. The van der Waals surface area contributed by atoms with Crippen molar-refractivity contribution in [2.24, 2.45) is 7.05 Å². The van der Waals surface area contributed by atoms with Gasteiger partial charge in [-0.2, -0.15) is 0 Å². The number of benzene rings is 1. The van der Waals surface area contributed by atoms with Crippen molar-refractivity contribution >= 4 is 15.9 Å². The fourth-order valence-electron chi connectivity index (χ4n) is 1.20. The first-order chi connectivity index (χ1) is 6.70. The highest BCUT2D eigenvalue weighted by molar-refractivity contribution is 9.10. The molecule has 1 heterocycles. The molecule has 0 atom stereocenters. The number of aryl methyl sites for hydroxylation is 1. The molecule has 0 N–H and O–H groups in total. The van der Waals surface area contributed by atoms with Crippen LogP contribution in [0.5, 0.6) is 0 Å². The molecule has 0 radical (unpaired) electrons. The van der Waals surface area contributed by atoms with E-state index in [0.717, 1.165) is 0 Å². The van der Waals surface area contributed by atoms with Crippen LogP contribution in [0.4, 0.5) is 4.39 Å². The van der Waals surface area contributed by atoms with Crippen LogP contribution in [-0.4, -0.2) is 14.8 Å². The summed E-state index contributed by atoms with van der Waals surface area (Å²) in [5.74, 6) is 0.335. The summed E-state index contributed by atoms with van der Waals surface area (Å²) in [7, 11) is 1.81. The highest BCUT2D eigenvalue weighted by Gasteiger charge is 2.11. The monoisotopic (exact) mass is 255 g/mol. The molecule has 1 aromatic heterocycles. The zero-order valence-electron chi connectivity index (χ0n) is 7.41. The Balaban J connectivity index is 2.63. The molecule has 0 unspecified atom stereocenters. The van der Waals surface area contributed by atoms with Gasteiger partial charge >= 0.3 is 0 Å². The van der Waals surface area contributed by atoms with Gasteiger partial charge in [0.25, 0.3) is 0 Å². The van der Waals surface area contributed by atoms with Crippen LogP contribution in [0.1, 0.15) is 0 Å². The molecule has 3 nitrogen and oxygen atoms in total. The van der Waals surface area contributed by atoms with Gasteiger partial charge < -0.3 is 4.57 Å². The van der Waals surface area contributed by atoms with Crippen LogP contribution in [-0.2, 0) is 7.05 Å². The molecule has 2 rings (SSSR count). The van der Waals surface area contributed by atoms with Crippen molar-refractivity contribution in [1.29, 1.82) is 0 Å². The summed E-state index contributed by atoms with van der Waals surface area (Å²) in [5.41, 5.74) is 0.699. The molecule has 72 valence electrons. The molecule has 0 aliphatic carbocycles. The third-order valence-electron chi connectivity index (χ3n) is 1.90. The number of halogens is 2. The number of hydrogen-bond donors (Lipinski definition) is 0. The van der Waals surface area contributed by atoms with Gasteiger partial charge in [0.05, 0.1) is 4.47 Å². The van der Waals surface area contributed by atoms with E-state index in [9.17, 15) is 4.39 Å². The van der Waals surface area contributed by atoms with Gasteiger partial charge in [0.15, 0.2) is 5.82 Å². The van der Waals surface area contributed by atoms with Crippen molar-refractivity contribution in [1.82, 2.24) is 14.8 Å². The van der Waals surface area contributed by atoms with Gasteiger partial charge in [-0.15, -0.1) is 10.2 Å². The molecular weight excluding hydrogens is 249 g/mol. The summed E-state index contributed by atoms with van der Waals surface area (Å²) in [6.45, 7) is 0. The molecule has 0 amide bonds. The minimum atomic E-state index is -0.300. The second kappa shape index (κ2) is 3.49. The summed E-state index contributed by atoms with van der Waals surface area (Å²) in [6, 6.07) is 4.82. The van der Waals surface area contributed by atoms with Gasteiger partial charge in [0.1, 0.15) is 12.1 Å². The second-order valence-electron chi connectivity index (χ2n) is 2.87. The van der Waals surface area contributed by atoms with E-state index < -0.39 is 0 Å². The Morgan fingerprint density at radius 1 is 1.43 bits per heavy atom. The first-order valence-corrected chi connectivity index (χ1v) is 4.78. The summed E-state index contributed by atoms with van der Waals surface area (Å²) in [4.78, 5) is 0. The standard InChI is InChI=1S/C9H7BrFN3/c1-14-5-12-13-9(14)6-3-2-4-7(11)8(6)10/h2-5H,1H3. The largest absolute Gasteiger partial charge is 0.317 e. The maximum Gasteiger partial charge on any atom is 0.164 e. The average Bonchev–Trinajstić information content (AvgIpc) is 2.57. The van der Waals surface area contributed by atoms with E-state index in [4.69, 9.17) is 0 Å². The summed E-state index contributed by atoms with van der Waals surface area (Å²) < 4.78 is 15.3. The molecule has 1 aromatic carbocycles. The van der Waals surface area contributed by atoms with Crippen LogP contribution < -0.4 is 0 Å². The number of hydrogen-bond acceptors (Lipinski definition) is 2. The van der Waals surface area contributed by atoms with Gasteiger partial charge in [-0.3, -0.25) is 0 Å². The predicted octanol–water partition coefficient (Wildman–Crippen LogP) is 2.38. The maximum absolute atomic E-state index is 13.2. The van der Waals surface area contributed by atoms with Crippen LogP contribution in [0.3, 0.4) is 0 Å². The lowest BCUT2D eigenvalue weighted by Crippen LogP contribution is -1.93. The molecule has 0 aliphatic rings. The van der Waals surface area contributed by atoms with Crippen molar-refractivity contribution in [3.8, 4) is 11.4 Å². The van der Waals surface area contributed by atoms with Gasteiger partial charge in [-0.1, -0.05) is 6.07 Å². The molecule has 0 bridgehead atoms. The van der Waals surface area contributed by atoms with Crippen LogP contribution in [0, 0.1) is 5.82 Å². The smallest absolute Gasteiger partial charge is 0.164 e. The minimum absolute atomic E-state index is 0.300. The quantitative estimate of drug-likeness (QED) is 0.784. The average molecular weight is 256 g/mol. The van der Waals surface area contributed by atoms with E-state index in [1.54, 1.807) is 23.0 Å². The van der Waals surface area contributed by atoms with E-state index >= 15 is 0 Å². The molecule has 0 spiro atoms. The third kappa shape index (κ3) is 1.43. The van der Waals surface area contributed by atoms with Crippen molar-refractivity contribution in [3.63, 3.8) is 0 Å². The summed E-state index contributed by atoms with van der Waals surface area (Å²) >= 11 is 3.18. The minimum Gasteiger partial charge on any atom is -0.317 e. The topological polar surface area (TPSA) is 30.7 Å². The predicted molar refractivity (Wildman–Crippen MR) is 54.1 cm³/mol. The van der Waals surface area contributed by atoms with E-state index in [1.807, 2.05) is 7.05 Å². The molecule has 5 heteroatoms. The molecule has 0 saturated heterocycles. The van der Waals surface area contributed by atoms with Crippen LogP contribution >= 0.6 is 15.9 Å². The zero-order valence-corrected chi connectivity index (χ0v) is 8.99. The van der Waals surface area contributed by atoms with Crippen LogP contribution in [0.15, 0.2) is 29.0 Å². The lowest BCUT2D eigenvalue weighted by Gasteiger charge is -2.03. The van der Waals surface area contributed by atoms with Crippen LogP contribution in [0.2, 0.25) is 0 Å². The third-order valence-corrected chi connectivity index (χ3v) is 2.71. The molecule has 0 saturated carbocycles. The number of aromatic nitrogens is 3. The van der Waals surface area contributed by atoms with Crippen LogP contribution in [0.25, 0.3) is 11.4 Å². The Morgan fingerprint density at radius 2 is 2.21 bits per heavy atom. The zero-order chi connectivity index (χ0) is 10.1. The second-order valence-corrected chi connectivity index (χ2v) is 3.66. The molecule has 0 fully saturated rings. The Bertz CT molecular complexity index is 467. The lowest BCUT2D eigenvalue weighted by molar-refractivity contribution is 0.621. The van der Waals surface area contributed by atoms with E-state index in [-0.39, 0.29) is 5.82 Å². The SMILES string of the molecule is Cn1cnnc1-c1cccc(F)c1Br. The fraction of sp³-hybridized carbons (Fsp3) is 0.111. The maximum atomic E-state index is 13.2. The molecular formula is C9H7BrFN3. The lowest BCUT2D eigenvalue weighted by atomic mass is 10.2. The van der Waals surface area contributed by atoms with Gasteiger partial charge in [-0.05, 0) is 28.1 Å². The van der Waals surface area contributed by atoms with Gasteiger partial charge in [0.2, 0.25) is 0 Å². The number of rotatable bonds is 1. The van der Waals surface area contributed by atoms with E-state index in [0.29, 0.717) is 15.9 Å². The number of nitrogens with zero attached hydrogens (tertiary/aromatic N) is 3. The van der Waals surface area contributed by atoms with Gasteiger partial charge in [-0.25, -0.2) is 4.39 Å². The normalized spacial score (nSPS) is 10.5. The molecule has 2 aromatic rings. The van der Waals surface area contributed by atoms with E-state index in [2.05, 4.69) is 26.1 Å². The van der Waals surface area contributed by atoms with Crippen molar-refractivity contribution in [2.75, 3.05) is 0 Å². The Kier molecular flexibility index (Phi) is 2.33. The van der Waals surface area contributed by atoms with Crippen molar-refractivity contribution in [2.45, 2.75) is 0 Å². The summed E-state index contributed by atoms with van der Waals surface area (Å²) in [6.07, 6.45) is 1.58. The summed E-state index contributed by atoms with van der Waals surface area (Å²) in [5, 5.41) is 7.64. The fourth-order valence-corrected chi connectivity index (χ4v) is 1.65. The molecule has 0 aliphatic heterocycles. The van der Waals surface area contributed by atoms with E-state index in [1.165, 1.54) is 6.07 Å². The van der Waals surface area contributed by atoms with Crippen molar-refractivity contribution in [3.05, 3.63) is 34.8 Å². The highest BCUT2D eigenvalue weighted by Crippen LogP contribution is 2.28. The van der Waals surface area contributed by atoms with Crippen molar-refractivity contribution < 1.29 is 4.39 Å². The Morgan fingerprint density at radius 3 is 2.86 bits per heavy atom. The molecule has 14 heavy (non-hydrogen) atoms.